The Bertz CT molecular complexity index is 804. The third-order valence-electron chi connectivity index (χ3n) is 3.07. The lowest BCUT2D eigenvalue weighted by molar-refractivity contribution is 0.556. The molecule has 0 saturated carbocycles. The number of benzene rings is 2. The summed E-state index contributed by atoms with van der Waals surface area (Å²) in [5.41, 5.74) is 3.49. The first kappa shape index (κ1) is 12.4. The van der Waals surface area contributed by atoms with Gasteiger partial charge in [0.25, 0.3) is 0 Å². The molecule has 0 radical (unpaired) electrons. The largest absolute Gasteiger partial charge is 0.422 e. The molecule has 1 aromatic heterocycles. The fraction of sp³-hybridized carbons (Fsp3) is 0.0625. The molecule has 19 heavy (non-hydrogen) atoms. The highest BCUT2D eigenvalue weighted by atomic mass is 127. The molecule has 94 valence electrons. The van der Waals surface area contributed by atoms with Gasteiger partial charge in [0, 0.05) is 10.9 Å². The maximum Gasteiger partial charge on any atom is 0.350 e. The van der Waals surface area contributed by atoms with E-state index in [9.17, 15) is 4.79 Å². The Morgan fingerprint density at radius 2 is 1.79 bits per heavy atom. The van der Waals surface area contributed by atoms with Gasteiger partial charge >= 0.3 is 5.63 Å². The molecule has 0 atom stereocenters. The second kappa shape index (κ2) is 4.81. The molecule has 0 spiro atoms. The number of aryl methyl sites for hydroxylation is 1. The van der Waals surface area contributed by atoms with Crippen LogP contribution in [0.1, 0.15) is 5.56 Å². The second-order valence-corrected chi connectivity index (χ2v) is 5.52. The quantitative estimate of drug-likeness (QED) is 0.475. The topological polar surface area (TPSA) is 30.2 Å². The third-order valence-corrected chi connectivity index (χ3v) is 4.05. The van der Waals surface area contributed by atoms with Gasteiger partial charge in [-0.05, 0) is 47.2 Å². The summed E-state index contributed by atoms with van der Waals surface area (Å²) in [6.07, 6.45) is 0. The first-order chi connectivity index (χ1) is 9.16. The maximum absolute atomic E-state index is 11.9. The molecule has 0 saturated heterocycles. The van der Waals surface area contributed by atoms with Gasteiger partial charge in [0.2, 0.25) is 0 Å². The zero-order valence-electron chi connectivity index (χ0n) is 10.3. The summed E-state index contributed by atoms with van der Waals surface area (Å²) >= 11 is 2.06. The van der Waals surface area contributed by atoms with E-state index in [1.54, 1.807) is 0 Å². The molecule has 0 aliphatic rings. The van der Waals surface area contributed by atoms with Gasteiger partial charge in [-0.25, -0.2) is 4.79 Å². The molecule has 2 nitrogen and oxygen atoms in total. The molecule has 1 heterocycles. The molecule has 3 heteroatoms. The summed E-state index contributed by atoms with van der Waals surface area (Å²) in [4.78, 5) is 11.9. The molecular formula is C16H11IO2. The molecule has 0 N–H and O–H groups in total. The van der Waals surface area contributed by atoms with E-state index in [4.69, 9.17) is 4.42 Å². The van der Waals surface area contributed by atoms with Crippen LogP contribution in [0.5, 0.6) is 0 Å². The van der Waals surface area contributed by atoms with Gasteiger partial charge in [-0.2, -0.15) is 0 Å². The summed E-state index contributed by atoms with van der Waals surface area (Å²) < 4.78 is 5.97. The van der Waals surface area contributed by atoms with Gasteiger partial charge in [0.1, 0.15) is 9.15 Å². The Balaban J connectivity index is 2.48. The fourth-order valence-electron chi connectivity index (χ4n) is 2.18. The van der Waals surface area contributed by atoms with Crippen molar-refractivity contribution < 1.29 is 4.42 Å². The van der Waals surface area contributed by atoms with Crippen LogP contribution in [0.25, 0.3) is 22.1 Å². The number of fused-ring (bicyclic) bond motifs is 1. The highest BCUT2D eigenvalue weighted by Gasteiger charge is 2.13. The minimum Gasteiger partial charge on any atom is -0.422 e. The molecule has 0 fully saturated rings. The molecule has 3 aromatic rings. The highest BCUT2D eigenvalue weighted by Crippen LogP contribution is 2.31. The van der Waals surface area contributed by atoms with Crippen LogP contribution in [0.15, 0.2) is 57.7 Å². The van der Waals surface area contributed by atoms with Crippen molar-refractivity contribution in [2.24, 2.45) is 0 Å². The van der Waals surface area contributed by atoms with E-state index in [1.807, 2.05) is 49.4 Å². The lowest BCUT2D eigenvalue weighted by Gasteiger charge is -2.08. The van der Waals surface area contributed by atoms with Crippen LogP contribution in [0.2, 0.25) is 0 Å². The van der Waals surface area contributed by atoms with Crippen molar-refractivity contribution in [1.29, 1.82) is 0 Å². The van der Waals surface area contributed by atoms with Crippen LogP contribution < -0.4 is 5.63 Å². The smallest absolute Gasteiger partial charge is 0.350 e. The Morgan fingerprint density at radius 3 is 2.53 bits per heavy atom. The van der Waals surface area contributed by atoms with Crippen LogP contribution in [-0.4, -0.2) is 0 Å². The first-order valence-corrected chi connectivity index (χ1v) is 7.03. The number of rotatable bonds is 1. The zero-order chi connectivity index (χ0) is 13.4. The minimum absolute atomic E-state index is 0.282. The predicted octanol–water partition coefficient (Wildman–Crippen LogP) is 4.37. The van der Waals surface area contributed by atoms with Crippen molar-refractivity contribution in [2.45, 2.75) is 6.92 Å². The van der Waals surface area contributed by atoms with Crippen LogP contribution >= 0.6 is 22.6 Å². The van der Waals surface area contributed by atoms with Crippen LogP contribution in [0.3, 0.4) is 0 Å². The van der Waals surface area contributed by atoms with Crippen molar-refractivity contribution in [3.05, 3.63) is 68.1 Å². The van der Waals surface area contributed by atoms with Gasteiger partial charge in [-0.1, -0.05) is 42.0 Å². The molecular weight excluding hydrogens is 351 g/mol. The van der Waals surface area contributed by atoms with Crippen LogP contribution in [0, 0.1) is 10.5 Å². The van der Waals surface area contributed by atoms with Crippen molar-refractivity contribution in [1.82, 2.24) is 0 Å². The molecule has 0 aliphatic heterocycles. The van der Waals surface area contributed by atoms with Gasteiger partial charge in [-0.15, -0.1) is 0 Å². The zero-order valence-corrected chi connectivity index (χ0v) is 12.5. The van der Waals surface area contributed by atoms with E-state index < -0.39 is 0 Å². The summed E-state index contributed by atoms with van der Waals surface area (Å²) in [5, 5.41) is 0.982. The molecule has 0 aliphatic carbocycles. The van der Waals surface area contributed by atoms with Crippen molar-refractivity contribution in [3.63, 3.8) is 0 Å². The average molecular weight is 362 g/mol. The first-order valence-electron chi connectivity index (χ1n) is 5.95. The van der Waals surface area contributed by atoms with Crippen molar-refractivity contribution in [2.75, 3.05) is 0 Å². The normalized spacial score (nSPS) is 10.8. The summed E-state index contributed by atoms with van der Waals surface area (Å²) in [5.74, 6) is 0. The predicted molar refractivity (Wildman–Crippen MR) is 85.4 cm³/mol. The van der Waals surface area contributed by atoms with E-state index in [1.165, 1.54) is 0 Å². The molecule has 0 unspecified atom stereocenters. The lowest BCUT2D eigenvalue weighted by atomic mass is 10.0. The van der Waals surface area contributed by atoms with E-state index in [2.05, 4.69) is 28.7 Å². The van der Waals surface area contributed by atoms with E-state index in [0.717, 1.165) is 22.1 Å². The summed E-state index contributed by atoms with van der Waals surface area (Å²) in [7, 11) is 0. The van der Waals surface area contributed by atoms with Gasteiger partial charge < -0.3 is 4.42 Å². The number of halogens is 1. The minimum atomic E-state index is -0.282. The van der Waals surface area contributed by atoms with Crippen molar-refractivity contribution >= 4 is 33.6 Å². The van der Waals surface area contributed by atoms with E-state index in [-0.39, 0.29) is 5.63 Å². The molecule has 0 amide bonds. The Labute approximate surface area is 124 Å². The van der Waals surface area contributed by atoms with Gasteiger partial charge in [-0.3, -0.25) is 0 Å². The summed E-state index contributed by atoms with van der Waals surface area (Å²) in [6.45, 7) is 2.03. The van der Waals surface area contributed by atoms with Crippen LogP contribution in [0.4, 0.5) is 0 Å². The Kier molecular flexibility index (Phi) is 3.14. The van der Waals surface area contributed by atoms with Crippen LogP contribution in [-0.2, 0) is 0 Å². The molecule has 3 rings (SSSR count). The Morgan fingerprint density at radius 1 is 1.05 bits per heavy atom. The molecule has 0 bridgehead atoms. The van der Waals surface area contributed by atoms with E-state index in [0.29, 0.717) is 9.15 Å². The average Bonchev–Trinajstić information content (AvgIpc) is 2.42. The number of hydrogen-bond acceptors (Lipinski definition) is 2. The standard InChI is InChI=1S/C16H11IO2/c1-10-7-8-13-12(9-10)14(15(17)16(18)19-13)11-5-3-2-4-6-11/h2-9H,1H3. The Hall–Kier alpha value is -1.62. The van der Waals surface area contributed by atoms with Gasteiger partial charge in [0.15, 0.2) is 0 Å². The fourth-order valence-corrected chi connectivity index (χ4v) is 2.89. The number of hydrogen-bond donors (Lipinski definition) is 0. The summed E-state index contributed by atoms with van der Waals surface area (Å²) in [6, 6.07) is 15.8. The highest BCUT2D eigenvalue weighted by molar-refractivity contribution is 14.1. The van der Waals surface area contributed by atoms with Crippen molar-refractivity contribution in [3.8, 4) is 11.1 Å². The SMILES string of the molecule is Cc1ccc2oc(=O)c(I)c(-c3ccccc3)c2c1. The van der Waals surface area contributed by atoms with E-state index >= 15 is 0 Å². The van der Waals surface area contributed by atoms with Gasteiger partial charge in [0.05, 0.1) is 0 Å². The monoisotopic (exact) mass is 362 g/mol. The maximum atomic E-state index is 11.9. The molecule has 2 aromatic carbocycles. The second-order valence-electron chi connectivity index (χ2n) is 4.44. The lowest BCUT2D eigenvalue weighted by Crippen LogP contribution is -2.05. The third kappa shape index (κ3) is 2.18.